The van der Waals surface area contributed by atoms with Gasteiger partial charge in [0.05, 0.1) is 30.5 Å². The molecule has 4 heterocycles. The number of thiazole rings is 1. The van der Waals surface area contributed by atoms with E-state index < -0.39 is 0 Å². The van der Waals surface area contributed by atoms with E-state index in [0.717, 1.165) is 63.2 Å². The third-order valence-electron chi connectivity index (χ3n) is 4.77. The van der Waals surface area contributed by atoms with Crippen LogP contribution in [0.1, 0.15) is 15.6 Å². The molecule has 2 aromatic rings. The molecule has 0 aliphatic carbocycles. The molecule has 2 aromatic heterocycles. The van der Waals surface area contributed by atoms with Crippen LogP contribution in [-0.4, -0.2) is 66.4 Å². The fourth-order valence-electron chi connectivity index (χ4n) is 3.69. The highest BCUT2D eigenvalue weighted by Crippen LogP contribution is 2.25. The molecular weight excluding hydrogens is 354 g/mol. The summed E-state index contributed by atoms with van der Waals surface area (Å²) in [5, 5.41) is 5.45. The van der Waals surface area contributed by atoms with Crippen LogP contribution in [-0.2, 0) is 22.6 Å². The van der Waals surface area contributed by atoms with Gasteiger partial charge in [-0.1, -0.05) is 6.07 Å². The van der Waals surface area contributed by atoms with Crippen molar-refractivity contribution in [3.05, 3.63) is 38.5 Å². The highest BCUT2D eigenvalue weighted by atomic mass is 32.1. The largest absolute Gasteiger partial charge is 0.377 e. The Kier molecular flexibility index (Phi) is 5.50. The molecule has 0 radical (unpaired) electrons. The van der Waals surface area contributed by atoms with Crippen LogP contribution in [0, 0.1) is 6.92 Å². The summed E-state index contributed by atoms with van der Waals surface area (Å²) in [6.45, 7) is 9.93. The lowest BCUT2D eigenvalue weighted by atomic mass is 10.0. The average Bonchev–Trinajstić information content (AvgIpc) is 3.19. The molecule has 1 spiro atoms. The van der Waals surface area contributed by atoms with Crippen LogP contribution in [0.4, 0.5) is 0 Å². The standard InChI is InChI=1S/C18H25N3O2S2/c1-15-19-16(11-25-15)9-20-4-6-22-14-18(12-20)13-21(5-7-23-18)10-17-3-2-8-24-17/h2-3,8,11H,4-7,9-10,12-14H2,1H3/t18-/m0/s1. The van der Waals surface area contributed by atoms with E-state index in [2.05, 4.69) is 44.6 Å². The quantitative estimate of drug-likeness (QED) is 0.816. The first-order valence-corrected chi connectivity index (χ1v) is 10.6. The number of morpholine rings is 1. The SMILES string of the molecule is Cc1nc(CN2CCOC[C@]3(C2)CN(Cc2cccs2)CCO3)cs1. The summed E-state index contributed by atoms with van der Waals surface area (Å²) < 4.78 is 12.2. The monoisotopic (exact) mass is 379 g/mol. The Morgan fingerprint density at radius 2 is 2.00 bits per heavy atom. The first kappa shape index (κ1) is 17.6. The lowest BCUT2D eigenvalue weighted by Crippen LogP contribution is -2.58. The van der Waals surface area contributed by atoms with Gasteiger partial charge in [-0.15, -0.1) is 22.7 Å². The Morgan fingerprint density at radius 1 is 1.16 bits per heavy atom. The van der Waals surface area contributed by atoms with Gasteiger partial charge in [-0.3, -0.25) is 9.80 Å². The topological polar surface area (TPSA) is 37.8 Å². The highest BCUT2D eigenvalue weighted by Gasteiger charge is 2.40. The lowest BCUT2D eigenvalue weighted by molar-refractivity contribution is -0.143. The maximum atomic E-state index is 6.29. The zero-order valence-corrected chi connectivity index (χ0v) is 16.3. The van der Waals surface area contributed by atoms with Gasteiger partial charge < -0.3 is 9.47 Å². The van der Waals surface area contributed by atoms with Crippen LogP contribution in [0.15, 0.2) is 22.9 Å². The molecule has 25 heavy (non-hydrogen) atoms. The third kappa shape index (κ3) is 4.48. The Hall–Kier alpha value is -0.830. The minimum Gasteiger partial charge on any atom is -0.377 e. The molecule has 2 saturated heterocycles. The fourth-order valence-corrected chi connectivity index (χ4v) is 5.04. The fraction of sp³-hybridized carbons (Fsp3) is 0.611. The molecule has 0 amide bonds. The van der Waals surface area contributed by atoms with Crippen molar-refractivity contribution in [1.29, 1.82) is 0 Å². The van der Waals surface area contributed by atoms with Crippen molar-refractivity contribution in [3.8, 4) is 0 Å². The zero-order valence-electron chi connectivity index (χ0n) is 14.6. The first-order chi connectivity index (χ1) is 12.2. The molecule has 0 bridgehead atoms. The van der Waals surface area contributed by atoms with Gasteiger partial charge in [0.15, 0.2) is 0 Å². The number of aryl methyl sites for hydroxylation is 1. The normalized spacial score (nSPS) is 26.1. The number of thiophene rings is 1. The van der Waals surface area contributed by atoms with E-state index in [-0.39, 0.29) is 5.60 Å². The van der Waals surface area contributed by atoms with Crippen molar-refractivity contribution in [1.82, 2.24) is 14.8 Å². The van der Waals surface area contributed by atoms with Crippen molar-refractivity contribution in [2.45, 2.75) is 25.6 Å². The van der Waals surface area contributed by atoms with E-state index in [1.54, 1.807) is 11.3 Å². The van der Waals surface area contributed by atoms with E-state index >= 15 is 0 Å². The number of rotatable bonds is 4. The summed E-state index contributed by atoms with van der Waals surface area (Å²) in [6, 6.07) is 4.34. The molecule has 1 atom stereocenters. The van der Waals surface area contributed by atoms with E-state index in [9.17, 15) is 0 Å². The van der Waals surface area contributed by atoms with Crippen molar-refractivity contribution >= 4 is 22.7 Å². The van der Waals surface area contributed by atoms with Crippen molar-refractivity contribution in [2.24, 2.45) is 0 Å². The summed E-state index contributed by atoms with van der Waals surface area (Å²) in [7, 11) is 0. The van der Waals surface area contributed by atoms with Gasteiger partial charge in [-0.25, -0.2) is 4.98 Å². The molecule has 0 saturated carbocycles. The van der Waals surface area contributed by atoms with Crippen LogP contribution >= 0.6 is 22.7 Å². The molecule has 0 unspecified atom stereocenters. The predicted octanol–water partition coefficient (Wildman–Crippen LogP) is 2.62. The molecule has 4 rings (SSSR count). The molecule has 2 aliphatic heterocycles. The summed E-state index contributed by atoms with van der Waals surface area (Å²) in [5.74, 6) is 0. The Labute approximate surface area is 157 Å². The van der Waals surface area contributed by atoms with E-state index in [4.69, 9.17) is 9.47 Å². The van der Waals surface area contributed by atoms with Gasteiger partial charge in [-0.2, -0.15) is 0 Å². The molecule has 7 heteroatoms. The maximum Gasteiger partial charge on any atom is 0.117 e. The van der Waals surface area contributed by atoms with Crippen LogP contribution in [0.3, 0.4) is 0 Å². The Balaban J connectivity index is 1.43. The summed E-state index contributed by atoms with van der Waals surface area (Å²) in [6.07, 6.45) is 0. The van der Waals surface area contributed by atoms with Gasteiger partial charge >= 0.3 is 0 Å². The Bertz CT molecular complexity index is 676. The van der Waals surface area contributed by atoms with Gasteiger partial charge in [0.25, 0.3) is 0 Å². The van der Waals surface area contributed by atoms with Crippen molar-refractivity contribution in [3.63, 3.8) is 0 Å². The van der Waals surface area contributed by atoms with Gasteiger partial charge in [0.1, 0.15) is 5.60 Å². The van der Waals surface area contributed by atoms with Crippen molar-refractivity contribution < 1.29 is 9.47 Å². The number of hydrogen-bond donors (Lipinski definition) is 0. The van der Waals surface area contributed by atoms with Crippen LogP contribution < -0.4 is 0 Å². The maximum absolute atomic E-state index is 6.29. The average molecular weight is 380 g/mol. The molecule has 2 aliphatic rings. The van der Waals surface area contributed by atoms with Crippen LogP contribution in [0.5, 0.6) is 0 Å². The van der Waals surface area contributed by atoms with Gasteiger partial charge in [-0.05, 0) is 18.4 Å². The predicted molar refractivity (Wildman–Crippen MR) is 101 cm³/mol. The van der Waals surface area contributed by atoms with E-state index in [1.165, 1.54) is 4.88 Å². The van der Waals surface area contributed by atoms with E-state index in [0.29, 0.717) is 6.61 Å². The lowest BCUT2D eigenvalue weighted by Gasteiger charge is -2.43. The number of ether oxygens (including phenoxy) is 2. The van der Waals surface area contributed by atoms with Gasteiger partial charge in [0.2, 0.25) is 0 Å². The number of nitrogens with zero attached hydrogens (tertiary/aromatic N) is 3. The minimum atomic E-state index is -0.225. The van der Waals surface area contributed by atoms with Gasteiger partial charge in [0, 0.05) is 49.5 Å². The number of aromatic nitrogens is 1. The Morgan fingerprint density at radius 3 is 2.76 bits per heavy atom. The van der Waals surface area contributed by atoms with Crippen LogP contribution in [0.25, 0.3) is 0 Å². The molecular formula is C18H25N3O2S2. The minimum absolute atomic E-state index is 0.225. The zero-order chi connectivity index (χ0) is 17.1. The molecule has 136 valence electrons. The summed E-state index contributed by atoms with van der Waals surface area (Å²) in [4.78, 5) is 11.0. The van der Waals surface area contributed by atoms with Crippen molar-refractivity contribution in [2.75, 3.05) is 46.0 Å². The second-order valence-corrected chi connectivity index (χ2v) is 9.04. The van der Waals surface area contributed by atoms with Crippen LogP contribution in [0.2, 0.25) is 0 Å². The molecule has 0 aromatic carbocycles. The summed E-state index contributed by atoms with van der Waals surface area (Å²) >= 11 is 3.55. The molecule has 0 N–H and O–H groups in total. The number of hydrogen-bond acceptors (Lipinski definition) is 7. The summed E-state index contributed by atoms with van der Waals surface area (Å²) in [5.41, 5.74) is 0.933. The highest BCUT2D eigenvalue weighted by molar-refractivity contribution is 7.10. The van der Waals surface area contributed by atoms with E-state index in [1.807, 2.05) is 11.3 Å². The third-order valence-corrected chi connectivity index (χ3v) is 6.45. The molecule has 5 nitrogen and oxygen atoms in total. The second-order valence-electron chi connectivity index (χ2n) is 6.94. The first-order valence-electron chi connectivity index (χ1n) is 8.81. The molecule has 2 fully saturated rings. The second kappa shape index (κ2) is 7.82. The smallest absolute Gasteiger partial charge is 0.117 e.